The minimum Gasteiger partial charge on any atom is -0.355 e. The molecule has 19 heavy (non-hydrogen) atoms. The number of carbonyl (C=O) groups excluding carboxylic acids is 1. The van der Waals surface area contributed by atoms with E-state index in [2.05, 4.69) is 15.3 Å². The summed E-state index contributed by atoms with van der Waals surface area (Å²) in [7, 11) is 0. The molecule has 0 aliphatic rings. The first kappa shape index (κ1) is 13.5. The quantitative estimate of drug-likeness (QED) is 0.857. The molecular formula is C13H15N3O2S. The number of nitrogens with one attached hydrogen (secondary N) is 2. The molecule has 6 heteroatoms. The van der Waals surface area contributed by atoms with Gasteiger partial charge in [-0.05, 0) is 29.3 Å². The number of aryl methyl sites for hydroxylation is 1. The van der Waals surface area contributed by atoms with Crippen LogP contribution in [0.15, 0.2) is 27.7 Å². The van der Waals surface area contributed by atoms with Crippen LogP contribution in [0.3, 0.4) is 0 Å². The van der Waals surface area contributed by atoms with E-state index in [-0.39, 0.29) is 11.5 Å². The molecule has 0 atom stereocenters. The van der Waals surface area contributed by atoms with Crippen molar-refractivity contribution in [3.05, 3.63) is 50.3 Å². The molecule has 5 nitrogen and oxygen atoms in total. The Morgan fingerprint density at radius 3 is 3.05 bits per heavy atom. The van der Waals surface area contributed by atoms with Crippen LogP contribution >= 0.6 is 11.3 Å². The molecule has 1 amide bonds. The van der Waals surface area contributed by atoms with Gasteiger partial charge in [-0.1, -0.05) is 0 Å². The Morgan fingerprint density at radius 1 is 1.53 bits per heavy atom. The molecule has 2 aromatic rings. The van der Waals surface area contributed by atoms with Crippen LogP contribution in [-0.2, 0) is 17.6 Å². The predicted molar refractivity (Wildman–Crippen MR) is 74.3 cm³/mol. The lowest BCUT2D eigenvalue weighted by Gasteiger charge is -2.04. The van der Waals surface area contributed by atoms with Gasteiger partial charge in [-0.15, -0.1) is 0 Å². The van der Waals surface area contributed by atoms with Gasteiger partial charge < -0.3 is 10.3 Å². The van der Waals surface area contributed by atoms with Gasteiger partial charge in [0.1, 0.15) is 5.82 Å². The monoisotopic (exact) mass is 277 g/mol. The molecule has 100 valence electrons. The number of carbonyl (C=O) groups is 1. The zero-order chi connectivity index (χ0) is 13.7. The Kier molecular flexibility index (Phi) is 4.46. The van der Waals surface area contributed by atoms with Gasteiger partial charge in [-0.2, -0.15) is 11.3 Å². The van der Waals surface area contributed by atoms with Crippen LogP contribution < -0.4 is 10.9 Å². The van der Waals surface area contributed by atoms with Gasteiger partial charge in [0, 0.05) is 24.7 Å². The Balaban J connectivity index is 1.80. The van der Waals surface area contributed by atoms with E-state index in [1.54, 1.807) is 18.3 Å². The highest BCUT2D eigenvalue weighted by Gasteiger charge is 2.04. The van der Waals surface area contributed by atoms with E-state index < -0.39 is 0 Å². The minimum absolute atomic E-state index is 0.0200. The smallest absolute Gasteiger partial charge is 0.251 e. The van der Waals surface area contributed by atoms with Crippen molar-refractivity contribution in [2.45, 2.75) is 19.8 Å². The molecule has 0 saturated heterocycles. The van der Waals surface area contributed by atoms with Crippen molar-refractivity contribution in [3.63, 3.8) is 0 Å². The number of aromatic nitrogens is 2. The molecule has 0 unspecified atom stereocenters. The lowest BCUT2D eigenvalue weighted by Crippen LogP contribution is -2.28. The van der Waals surface area contributed by atoms with E-state index >= 15 is 0 Å². The van der Waals surface area contributed by atoms with E-state index in [1.807, 2.05) is 16.8 Å². The molecule has 0 radical (unpaired) electrons. The molecule has 0 spiro atoms. The van der Waals surface area contributed by atoms with Crippen LogP contribution in [0.5, 0.6) is 0 Å². The van der Waals surface area contributed by atoms with Crippen LogP contribution in [0.2, 0.25) is 0 Å². The maximum atomic E-state index is 11.6. The van der Waals surface area contributed by atoms with Gasteiger partial charge in [0.25, 0.3) is 5.56 Å². The van der Waals surface area contributed by atoms with E-state index in [9.17, 15) is 9.59 Å². The van der Waals surface area contributed by atoms with Crippen LogP contribution in [-0.4, -0.2) is 22.4 Å². The Morgan fingerprint density at radius 2 is 2.37 bits per heavy atom. The maximum absolute atomic E-state index is 11.6. The van der Waals surface area contributed by atoms with Gasteiger partial charge in [0.15, 0.2) is 0 Å². The van der Waals surface area contributed by atoms with E-state index in [1.165, 1.54) is 6.07 Å². The normalized spacial score (nSPS) is 10.4. The van der Waals surface area contributed by atoms with Gasteiger partial charge in [0.2, 0.25) is 5.91 Å². The lowest BCUT2D eigenvalue weighted by atomic mass is 10.2. The third-order valence-corrected chi connectivity index (χ3v) is 3.28. The van der Waals surface area contributed by atoms with Crippen molar-refractivity contribution in [1.82, 2.24) is 15.3 Å². The average molecular weight is 277 g/mol. The van der Waals surface area contributed by atoms with Gasteiger partial charge in [0.05, 0.1) is 6.42 Å². The number of thiophene rings is 1. The molecular weight excluding hydrogens is 262 g/mol. The SMILES string of the molecule is Cc1cc(=O)[nH]c(CCNC(=O)Cc2ccsc2)n1. The first-order valence-corrected chi connectivity index (χ1v) is 6.92. The summed E-state index contributed by atoms with van der Waals surface area (Å²) in [5.74, 6) is 0.578. The number of aromatic amines is 1. The molecule has 0 aliphatic carbocycles. The Bertz CT molecular complexity index is 605. The van der Waals surface area contributed by atoms with Crippen LogP contribution in [0.25, 0.3) is 0 Å². The second kappa shape index (κ2) is 6.29. The fourth-order valence-electron chi connectivity index (χ4n) is 1.72. The van der Waals surface area contributed by atoms with Gasteiger partial charge >= 0.3 is 0 Å². The van der Waals surface area contributed by atoms with E-state index in [0.717, 1.165) is 5.56 Å². The number of hydrogen-bond donors (Lipinski definition) is 2. The topological polar surface area (TPSA) is 74.8 Å². The molecule has 0 aromatic carbocycles. The van der Waals surface area contributed by atoms with Crippen molar-refractivity contribution in [2.75, 3.05) is 6.54 Å². The third kappa shape index (κ3) is 4.33. The summed E-state index contributed by atoms with van der Waals surface area (Å²) < 4.78 is 0. The third-order valence-electron chi connectivity index (χ3n) is 2.55. The number of amides is 1. The van der Waals surface area contributed by atoms with Crippen LogP contribution in [0.4, 0.5) is 0 Å². The molecule has 2 N–H and O–H groups in total. The average Bonchev–Trinajstić information content (AvgIpc) is 2.80. The standard InChI is InChI=1S/C13H15N3O2S/c1-9-6-13(18)16-11(15-9)2-4-14-12(17)7-10-3-5-19-8-10/h3,5-6,8H,2,4,7H2,1H3,(H,14,17)(H,15,16,18). The summed E-state index contributed by atoms with van der Waals surface area (Å²) in [6.07, 6.45) is 0.910. The van der Waals surface area contributed by atoms with Crippen molar-refractivity contribution < 1.29 is 4.79 Å². The predicted octanol–water partition coefficient (Wildman–Crippen LogP) is 1.04. The van der Waals surface area contributed by atoms with Crippen molar-refractivity contribution in [1.29, 1.82) is 0 Å². The van der Waals surface area contributed by atoms with Crippen molar-refractivity contribution >= 4 is 17.2 Å². The van der Waals surface area contributed by atoms with E-state index in [0.29, 0.717) is 30.9 Å². The maximum Gasteiger partial charge on any atom is 0.251 e. The van der Waals surface area contributed by atoms with Crippen molar-refractivity contribution in [3.8, 4) is 0 Å². The minimum atomic E-state index is -0.160. The molecule has 2 rings (SSSR count). The highest BCUT2D eigenvalue weighted by molar-refractivity contribution is 7.07. The number of rotatable bonds is 5. The zero-order valence-corrected chi connectivity index (χ0v) is 11.4. The zero-order valence-electron chi connectivity index (χ0n) is 10.6. The van der Waals surface area contributed by atoms with Crippen LogP contribution in [0.1, 0.15) is 17.1 Å². The number of H-pyrrole nitrogens is 1. The van der Waals surface area contributed by atoms with Crippen molar-refractivity contribution in [2.24, 2.45) is 0 Å². The largest absolute Gasteiger partial charge is 0.355 e. The number of nitrogens with zero attached hydrogens (tertiary/aromatic N) is 1. The summed E-state index contributed by atoms with van der Waals surface area (Å²) in [6.45, 7) is 2.24. The fraction of sp³-hybridized carbons (Fsp3) is 0.308. The molecule has 0 bridgehead atoms. The van der Waals surface area contributed by atoms with Gasteiger partial charge in [-0.25, -0.2) is 4.98 Å². The van der Waals surface area contributed by atoms with Crippen LogP contribution in [0, 0.1) is 6.92 Å². The summed E-state index contributed by atoms with van der Waals surface area (Å²) in [6, 6.07) is 3.38. The second-order valence-corrected chi connectivity index (χ2v) is 5.02. The Hall–Kier alpha value is -1.95. The fourth-order valence-corrected chi connectivity index (χ4v) is 2.39. The second-order valence-electron chi connectivity index (χ2n) is 4.24. The highest BCUT2D eigenvalue weighted by Crippen LogP contribution is 2.06. The first-order chi connectivity index (χ1) is 9.13. The summed E-state index contributed by atoms with van der Waals surface area (Å²) in [4.78, 5) is 29.7. The molecule has 0 aliphatic heterocycles. The molecule has 0 saturated carbocycles. The highest BCUT2D eigenvalue weighted by atomic mass is 32.1. The summed E-state index contributed by atoms with van der Waals surface area (Å²) in [5.41, 5.74) is 1.54. The lowest BCUT2D eigenvalue weighted by molar-refractivity contribution is -0.120. The number of hydrogen-bond acceptors (Lipinski definition) is 4. The molecule has 0 fully saturated rings. The molecule has 2 aromatic heterocycles. The molecule has 2 heterocycles. The van der Waals surface area contributed by atoms with Gasteiger partial charge in [-0.3, -0.25) is 9.59 Å². The summed E-state index contributed by atoms with van der Waals surface area (Å²) >= 11 is 1.58. The Labute approximate surface area is 114 Å². The van der Waals surface area contributed by atoms with E-state index in [4.69, 9.17) is 0 Å². The first-order valence-electron chi connectivity index (χ1n) is 5.98. The summed E-state index contributed by atoms with van der Waals surface area (Å²) in [5, 5.41) is 6.72.